The first-order valence-electron chi connectivity index (χ1n) is 6.38. The normalized spacial score (nSPS) is 23.2. The van der Waals surface area contributed by atoms with Gasteiger partial charge in [0, 0.05) is 11.6 Å². The molecule has 1 heterocycles. The summed E-state index contributed by atoms with van der Waals surface area (Å²) in [5, 5.41) is 10.2. The Morgan fingerprint density at radius 3 is 2.79 bits per heavy atom. The largest absolute Gasteiger partial charge is 0.392 e. The topological polar surface area (TPSA) is 57.6 Å². The molecule has 2 atom stereocenters. The average Bonchev–Trinajstić information content (AvgIpc) is 2.38. The van der Waals surface area contributed by atoms with Crippen molar-refractivity contribution in [3.63, 3.8) is 0 Å². The number of sulfonamides is 1. The van der Waals surface area contributed by atoms with Crippen LogP contribution in [0.4, 0.5) is 0 Å². The van der Waals surface area contributed by atoms with Gasteiger partial charge in [0.05, 0.1) is 17.0 Å². The first-order valence-corrected chi connectivity index (χ1v) is 8.20. The van der Waals surface area contributed by atoms with Gasteiger partial charge in [-0.25, -0.2) is 8.42 Å². The zero-order valence-corrected chi connectivity index (χ0v) is 12.4. The average molecular weight is 304 g/mol. The number of aliphatic hydroxyl groups is 1. The molecule has 1 aromatic carbocycles. The van der Waals surface area contributed by atoms with Crippen LogP contribution in [0.15, 0.2) is 29.2 Å². The van der Waals surface area contributed by atoms with Gasteiger partial charge in [0.2, 0.25) is 10.0 Å². The van der Waals surface area contributed by atoms with E-state index in [-0.39, 0.29) is 10.9 Å². The first-order chi connectivity index (χ1) is 8.93. The summed E-state index contributed by atoms with van der Waals surface area (Å²) in [7, 11) is -3.59. The number of nitrogens with zero attached hydrogens (tertiary/aromatic N) is 1. The van der Waals surface area contributed by atoms with Crippen LogP contribution in [0.3, 0.4) is 0 Å². The molecule has 1 fully saturated rings. The molecule has 0 bridgehead atoms. The fourth-order valence-electron chi connectivity index (χ4n) is 2.47. The Labute approximate surface area is 119 Å². The maximum Gasteiger partial charge on any atom is 0.243 e. The van der Waals surface area contributed by atoms with E-state index < -0.39 is 16.1 Å². The highest BCUT2D eigenvalue weighted by molar-refractivity contribution is 7.89. The number of rotatable bonds is 3. The van der Waals surface area contributed by atoms with E-state index in [4.69, 9.17) is 11.6 Å². The van der Waals surface area contributed by atoms with Gasteiger partial charge in [0.25, 0.3) is 0 Å². The lowest BCUT2D eigenvalue weighted by Gasteiger charge is -2.36. The van der Waals surface area contributed by atoms with Crippen LogP contribution in [0.1, 0.15) is 26.2 Å². The van der Waals surface area contributed by atoms with Crippen LogP contribution in [-0.4, -0.2) is 36.5 Å². The molecular formula is C13H18ClNO3S. The van der Waals surface area contributed by atoms with E-state index in [2.05, 4.69) is 0 Å². The number of halogens is 1. The molecule has 2 rings (SSSR count). The summed E-state index contributed by atoms with van der Waals surface area (Å²) in [6.45, 7) is 2.08. The SMILES string of the molecule is CC(O)C1CCCCN1S(=O)(=O)c1cccc(Cl)c1. The van der Waals surface area contributed by atoms with Crippen LogP contribution in [0.25, 0.3) is 0 Å². The van der Waals surface area contributed by atoms with Crippen LogP contribution >= 0.6 is 11.6 Å². The molecule has 1 aliphatic heterocycles. The van der Waals surface area contributed by atoms with Gasteiger partial charge < -0.3 is 5.11 Å². The highest BCUT2D eigenvalue weighted by Gasteiger charge is 2.35. The van der Waals surface area contributed by atoms with E-state index in [1.54, 1.807) is 19.1 Å². The standard InChI is InChI=1S/C13H18ClNO3S/c1-10(16)13-7-2-3-8-15(13)19(17,18)12-6-4-5-11(14)9-12/h4-6,9-10,13,16H,2-3,7-8H2,1H3. The maximum atomic E-state index is 12.6. The maximum absolute atomic E-state index is 12.6. The van der Waals surface area contributed by atoms with Crippen molar-refractivity contribution in [3.05, 3.63) is 29.3 Å². The Bertz CT molecular complexity index is 545. The Hall–Kier alpha value is -0.620. The van der Waals surface area contributed by atoms with Gasteiger partial charge in [-0.05, 0) is 38.0 Å². The van der Waals surface area contributed by atoms with Gasteiger partial charge >= 0.3 is 0 Å². The Balaban J connectivity index is 2.37. The molecule has 0 aromatic heterocycles. The molecule has 2 unspecified atom stereocenters. The van der Waals surface area contributed by atoms with E-state index in [0.717, 1.165) is 12.8 Å². The molecule has 0 spiro atoms. The zero-order valence-electron chi connectivity index (χ0n) is 10.8. The third kappa shape index (κ3) is 3.11. The third-order valence-corrected chi connectivity index (χ3v) is 5.61. The highest BCUT2D eigenvalue weighted by Crippen LogP contribution is 2.28. The second-order valence-corrected chi connectivity index (χ2v) is 7.20. The number of hydrogen-bond donors (Lipinski definition) is 1. The van der Waals surface area contributed by atoms with Gasteiger partial charge in [0.15, 0.2) is 0 Å². The lowest BCUT2D eigenvalue weighted by atomic mass is 10.0. The molecule has 1 saturated heterocycles. The highest BCUT2D eigenvalue weighted by atomic mass is 35.5. The molecule has 1 aliphatic rings. The van der Waals surface area contributed by atoms with E-state index in [0.29, 0.717) is 18.0 Å². The monoisotopic (exact) mass is 303 g/mol. The molecule has 4 nitrogen and oxygen atoms in total. The molecule has 19 heavy (non-hydrogen) atoms. The Morgan fingerprint density at radius 2 is 2.16 bits per heavy atom. The van der Waals surface area contributed by atoms with Crippen molar-refractivity contribution in [3.8, 4) is 0 Å². The van der Waals surface area contributed by atoms with Gasteiger partial charge in [-0.1, -0.05) is 24.1 Å². The number of hydrogen-bond acceptors (Lipinski definition) is 3. The minimum Gasteiger partial charge on any atom is -0.392 e. The van der Waals surface area contributed by atoms with Gasteiger partial charge in [-0.2, -0.15) is 4.31 Å². The predicted octanol–water partition coefficient (Wildman–Crippen LogP) is 2.26. The van der Waals surface area contributed by atoms with Crippen LogP contribution in [0.5, 0.6) is 0 Å². The minimum absolute atomic E-state index is 0.188. The molecule has 1 N–H and O–H groups in total. The second kappa shape index (κ2) is 5.79. The van der Waals surface area contributed by atoms with Crippen molar-refractivity contribution < 1.29 is 13.5 Å². The van der Waals surface area contributed by atoms with E-state index in [1.807, 2.05) is 0 Å². The van der Waals surface area contributed by atoms with E-state index in [9.17, 15) is 13.5 Å². The molecule has 1 aromatic rings. The Morgan fingerprint density at radius 1 is 1.42 bits per heavy atom. The molecule has 0 radical (unpaired) electrons. The van der Waals surface area contributed by atoms with Gasteiger partial charge in [-0.3, -0.25) is 0 Å². The summed E-state index contributed by atoms with van der Waals surface area (Å²) in [4.78, 5) is 0.188. The second-order valence-electron chi connectivity index (χ2n) is 4.88. The van der Waals surface area contributed by atoms with E-state index >= 15 is 0 Å². The van der Waals surface area contributed by atoms with Gasteiger partial charge in [-0.15, -0.1) is 0 Å². The summed E-state index contributed by atoms with van der Waals surface area (Å²) < 4.78 is 26.6. The van der Waals surface area contributed by atoms with Crippen molar-refractivity contribution in [2.45, 2.75) is 43.2 Å². The van der Waals surface area contributed by atoms with Crippen molar-refractivity contribution >= 4 is 21.6 Å². The molecule has 0 aliphatic carbocycles. The van der Waals surface area contributed by atoms with Gasteiger partial charge in [0.1, 0.15) is 0 Å². The molecule has 0 amide bonds. The lowest BCUT2D eigenvalue weighted by Crippen LogP contribution is -2.48. The number of benzene rings is 1. The third-order valence-electron chi connectivity index (χ3n) is 3.46. The number of piperidine rings is 1. The summed E-state index contributed by atoms with van der Waals surface area (Å²) in [5.41, 5.74) is 0. The molecule has 106 valence electrons. The zero-order chi connectivity index (χ0) is 14.0. The quantitative estimate of drug-likeness (QED) is 0.932. The van der Waals surface area contributed by atoms with Crippen molar-refractivity contribution in [1.82, 2.24) is 4.31 Å². The van der Waals surface area contributed by atoms with Crippen LogP contribution in [-0.2, 0) is 10.0 Å². The molecule has 6 heteroatoms. The summed E-state index contributed by atoms with van der Waals surface area (Å²) in [6.07, 6.45) is 1.78. The van der Waals surface area contributed by atoms with E-state index in [1.165, 1.54) is 16.4 Å². The smallest absolute Gasteiger partial charge is 0.243 e. The predicted molar refractivity (Wildman–Crippen MR) is 74.7 cm³/mol. The summed E-state index contributed by atoms with van der Waals surface area (Å²) in [5.74, 6) is 0. The van der Waals surface area contributed by atoms with Crippen LogP contribution in [0, 0.1) is 0 Å². The van der Waals surface area contributed by atoms with Crippen molar-refractivity contribution in [1.29, 1.82) is 0 Å². The lowest BCUT2D eigenvalue weighted by molar-refractivity contribution is 0.0831. The molecular weight excluding hydrogens is 286 g/mol. The van der Waals surface area contributed by atoms with Crippen molar-refractivity contribution in [2.24, 2.45) is 0 Å². The minimum atomic E-state index is -3.59. The first kappa shape index (κ1) is 14.8. The molecule has 0 saturated carbocycles. The summed E-state index contributed by atoms with van der Waals surface area (Å²) in [6, 6.07) is 5.90. The summed E-state index contributed by atoms with van der Waals surface area (Å²) >= 11 is 5.86. The van der Waals surface area contributed by atoms with Crippen LogP contribution in [0.2, 0.25) is 5.02 Å². The fraction of sp³-hybridized carbons (Fsp3) is 0.538. The van der Waals surface area contributed by atoms with Crippen molar-refractivity contribution in [2.75, 3.05) is 6.54 Å². The Kier molecular flexibility index (Phi) is 4.50. The number of aliphatic hydroxyl groups excluding tert-OH is 1. The van der Waals surface area contributed by atoms with Crippen LogP contribution < -0.4 is 0 Å². The fourth-order valence-corrected chi connectivity index (χ4v) is 4.53.